The molecule has 0 fully saturated rings. The molecule has 1 aromatic rings. The van der Waals surface area contributed by atoms with Crippen LogP contribution in [0.4, 0.5) is 0 Å². The molecule has 1 aliphatic heterocycles. The Kier molecular flexibility index (Phi) is 6.27. The Morgan fingerprint density at radius 3 is 2.63 bits per heavy atom. The Hall–Kier alpha value is -1.97. The molecule has 0 unspecified atom stereocenters. The Balaban J connectivity index is 1.81. The van der Waals surface area contributed by atoms with Crippen LogP contribution in [0, 0.1) is 5.92 Å². The normalized spacial score (nSPS) is 22.4. The highest BCUT2D eigenvalue weighted by atomic mass is 16.5. The molecular formula is C26H39NO3. The summed E-state index contributed by atoms with van der Waals surface area (Å²) in [5.41, 5.74) is 3.14. The second-order valence-electron chi connectivity index (χ2n) is 10.7. The highest BCUT2D eigenvalue weighted by Gasteiger charge is 2.46. The molecule has 4 nitrogen and oxygen atoms in total. The molecule has 2 aliphatic rings. The molecule has 3 rings (SSSR count). The van der Waals surface area contributed by atoms with Gasteiger partial charge in [-0.1, -0.05) is 31.9 Å². The number of hydrogen-bond acceptors (Lipinski definition) is 3. The van der Waals surface area contributed by atoms with Crippen molar-refractivity contribution < 1.29 is 14.6 Å². The molecule has 1 aliphatic carbocycles. The number of benzene rings is 1. The van der Waals surface area contributed by atoms with Crippen molar-refractivity contribution in [1.29, 1.82) is 0 Å². The van der Waals surface area contributed by atoms with Crippen LogP contribution in [0.3, 0.4) is 0 Å². The van der Waals surface area contributed by atoms with E-state index >= 15 is 0 Å². The van der Waals surface area contributed by atoms with Gasteiger partial charge in [0, 0.05) is 37.9 Å². The van der Waals surface area contributed by atoms with E-state index in [1.165, 1.54) is 5.57 Å². The number of unbranched alkanes of at least 4 members (excludes halogenated alkanes) is 1. The number of phenols is 1. The van der Waals surface area contributed by atoms with E-state index in [9.17, 15) is 9.90 Å². The van der Waals surface area contributed by atoms with Crippen LogP contribution in [0.25, 0.3) is 0 Å². The zero-order valence-electron chi connectivity index (χ0n) is 19.8. The number of carbonyl (C=O) groups excluding carboxylic acids is 1. The highest BCUT2D eigenvalue weighted by Crippen LogP contribution is 2.54. The van der Waals surface area contributed by atoms with Crippen molar-refractivity contribution in [3.05, 3.63) is 34.9 Å². The molecule has 166 valence electrons. The summed E-state index contributed by atoms with van der Waals surface area (Å²) in [6, 6.07) is 4.11. The van der Waals surface area contributed by atoms with Gasteiger partial charge in [0.25, 0.3) is 0 Å². The number of amides is 1. The smallest absolute Gasteiger partial charge is 0.222 e. The maximum atomic E-state index is 11.8. The fraction of sp³-hybridized carbons (Fsp3) is 0.654. The average molecular weight is 414 g/mol. The van der Waals surface area contributed by atoms with Crippen molar-refractivity contribution in [2.24, 2.45) is 5.92 Å². The summed E-state index contributed by atoms with van der Waals surface area (Å²) in [5, 5.41) is 11.1. The number of ether oxygens (including phenoxy) is 1. The first kappa shape index (κ1) is 22.7. The second kappa shape index (κ2) is 8.28. The van der Waals surface area contributed by atoms with Crippen molar-refractivity contribution in [3.63, 3.8) is 0 Å². The molecule has 1 heterocycles. The van der Waals surface area contributed by atoms with E-state index < -0.39 is 0 Å². The minimum absolute atomic E-state index is 0.0968. The fourth-order valence-corrected chi connectivity index (χ4v) is 5.17. The lowest BCUT2D eigenvalue weighted by Crippen LogP contribution is -2.45. The summed E-state index contributed by atoms with van der Waals surface area (Å²) in [6.45, 7) is 11.0. The van der Waals surface area contributed by atoms with E-state index in [1.807, 2.05) is 6.07 Å². The molecular weight excluding hydrogens is 374 g/mol. The molecule has 0 spiro atoms. The SMILES string of the molecule is CC1=CC[C@@H]2[C@@H](C1)c1c(O)cc(C(C)(C)CCCCC(=O)N(C)C)cc1OC2(C)C. The largest absolute Gasteiger partial charge is 0.508 e. The number of rotatable bonds is 6. The van der Waals surface area contributed by atoms with Gasteiger partial charge in [0.15, 0.2) is 0 Å². The van der Waals surface area contributed by atoms with E-state index in [4.69, 9.17) is 4.74 Å². The Morgan fingerprint density at radius 2 is 1.97 bits per heavy atom. The topological polar surface area (TPSA) is 49.8 Å². The van der Waals surface area contributed by atoms with Gasteiger partial charge in [-0.15, -0.1) is 0 Å². The van der Waals surface area contributed by atoms with Gasteiger partial charge in [-0.05, 0) is 69.6 Å². The molecule has 4 heteroatoms. The minimum Gasteiger partial charge on any atom is -0.508 e. The molecule has 0 saturated carbocycles. The second-order valence-corrected chi connectivity index (χ2v) is 10.7. The summed E-state index contributed by atoms with van der Waals surface area (Å²) >= 11 is 0. The molecule has 2 atom stereocenters. The first-order chi connectivity index (χ1) is 13.9. The fourth-order valence-electron chi connectivity index (χ4n) is 5.17. The number of phenolic OH excluding ortho intramolecular Hbond substituents is 1. The summed E-state index contributed by atoms with van der Waals surface area (Å²) in [7, 11) is 3.61. The van der Waals surface area contributed by atoms with Crippen LogP contribution in [0.5, 0.6) is 11.5 Å². The number of nitrogens with zero attached hydrogens (tertiary/aromatic N) is 1. The molecule has 1 aromatic carbocycles. The van der Waals surface area contributed by atoms with Crippen molar-refractivity contribution in [3.8, 4) is 11.5 Å². The van der Waals surface area contributed by atoms with Crippen LogP contribution < -0.4 is 4.74 Å². The predicted octanol–water partition coefficient (Wildman–Crippen LogP) is 5.93. The number of carbonyl (C=O) groups is 1. The third-order valence-corrected chi connectivity index (χ3v) is 7.23. The molecule has 0 radical (unpaired) electrons. The van der Waals surface area contributed by atoms with Gasteiger partial charge in [-0.25, -0.2) is 0 Å². The zero-order valence-corrected chi connectivity index (χ0v) is 19.8. The van der Waals surface area contributed by atoms with Gasteiger partial charge >= 0.3 is 0 Å². The van der Waals surface area contributed by atoms with Gasteiger partial charge in [0.05, 0.1) is 0 Å². The standard InChI is InChI=1S/C26H39NO3/c1-17-11-12-20-19(14-17)24-21(28)15-18(16-22(24)30-26(20,4)5)25(2,3)13-9-8-10-23(29)27(6)7/h11,15-16,19-20,28H,8-10,12-14H2,1-7H3/t19-,20-/m1/s1. The van der Waals surface area contributed by atoms with Crippen LogP contribution in [0.15, 0.2) is 23.8 Å². The van der Waals surface area contributed by atoms with Crippen LogP contribution in [-0.4, -0.2) is 35.6 Å². The Labute approximate surface area is 182 Å². The maximum absolute atomic E-state index is 11.8. The van der Waals surface area contributed by atoms with Crippen molar-refractivity contribution in [2.75, 3.05) is 14.1 Å². The lowest BCUT2D eigenvalue weighted by atomic mass is 9.66. The van der Waals surface area contributed by atoms with Crippen molar-refractivity contribution in [1.82, 2.24) is 4.90 Å². The van der Waals surface area contributed by atoms with Crippen LogP contribution >= 0.6 is 0 Å². The predicted molar refractivity (Wildman–Crippen MR) is 122 cm³/mol. The third kappa shape index (κ3) is 4.53. The van der Waals surface area contributed by atoms with Gasteiger partial charge in [0.2, 0.25) is 5.91 Å². The lowest BCUT2D eigenvalue weighted by molar-refractivity contribution is -0.128. The number of fused-ring (bicyclic) bond motifs is 3. The number of hydrogen-bond donors (Lipinski definition) is 1. The van der Waals surface area contributed by atoms with E-state index in [0.29, 0.717) is 24.0 Å². The third-order valence-electron chi connectivity index (χ3n) is 7.23. The molecule has 0 aromatic heterocycles. The van der Waals surface area contributed by atoms with Gasteiger partial charge in [-0.3, -0.25) is 4.79 Å². The monoisotopic (exact) mass is 413 g/mol. The Morgan fingerprint density at radius 1 is 1.27 bits per heavy atom. The maximum Gasteiger partial charge on any atom is 0.222 e. The average Bonchev–Trinajstić information content (AvgIpc) is 2.63. The first-order valence-corrected chi connectivity index (χ1v) is 11.3. The summed E-state index contributed by atoms with van der Waals surface area (Å²) in [5.74, 6) is 2.09. The van der Waals surface area contributed by atoms with E-state index in [0.717, 1.165) is 49.0 Å². The molecule has 0 saturated heterocycles. The van der Waals surface area contributed by atoms with Crippen LogP contribution in [0.2, 0.25) is 0 Å². The van der Waals surface area contributed by atoms with Gasteiger partial charge in [0.1, 0.15) is 17.1 Å². The zero-order chi connectivity index (χ0) is 22.3. The van der Waals surface area contributed by atoms with Crippen molar-refractivity contribution >= 4 is 5.91 Å². The molecule has 1 amide bonds. The Bertz CT molecular complexity index is 835. The number of aromatic hydroxyl groups is 1. The quantitative estimate of drug-likeness (QED) is 0.464. The van der Waals surface area contributed by atoms with Crippen molar-refractivity contribution in [2.45, 2.75) is 90.1 Å². The summed E-state index contributed by atoms with van der Waals surface area (Å²) in [6.07, 6.45) is 7.73. The van der Waals surface area contributed by atoms with Crippen LogP contribution in [-0.2, 0) is 10.2 Å². The highest BCUT2D eigenvalue weighted by molar-refractivity contribution is 5.75. The molecule has 30 heavy (non-hydrogen) atoms. The van der Waals surface area contributed by atoms with E-state index in [1.54, 1.807) is 19.0 Å². The minimum atomic E-state index is -0.253. The van der Waals surface area contributed by atoms with Crippen LogP contribution in [0.1, 0.15) is 90.2 Å². The van der Waals surface area contributed by atoms with Gasteiger partial charge < -0.3 is 14.7 Å². The van der Waals surface area contributed by atoms with Gasteiger partial charge in [-0.2, -0.15) is 0 Å². The summed E-state index contributed by atoms with van der Waals surface area (Å²) in [4.78, 5) is 13.5. The van der Waals surface area contributed by atoms with E-state index in [2.05, 4.69) is 46.8 Å². The molecule has 1 N–H and O–H groups in total. The number of allylic oxidation sites excluding steroid dienone is 2. The lowest BCUT2D eigenvalue weighted by Gasteiger charge is -2.47. The summed E-state index contributed by atoms with van der Waals surface area (Å²) < 4.78 is 6.48. The molecule has 0 bridgehead atoms. The van der Waals surface area contributed by atoms with E-state index in [-0.39, 0.29) is 16.9 Å². The first-order valence-electron chi connectivity index (χ1n) is 11.3.